The molecular weight excluding hydrogens is 261 g/mol. The van der Waals surface area contributed by atoms with Crippen LogP contribution in [0.15, 0.2) is 24.3 Å². The van der Waals surface area contributed by atoms with Gasteiger partial charge in [-0.15, -0.1) is 11.6 Å². The lowest BCUT2D eigenvalue weighted by atomic mass is 10.3. The van der Waals surface area contributed by atoms with Crippen LogP contribution in [0.1, 0.15) is 13.3 Å². The van der Waals surface area contributed by atoms with E-state index in [1.807, 2.05) is 6.92 Å². The van der Waals surface area contributed by atoms with Gasteiger partial charge in [0.2, 0.25) is 0 Å². The molecule has 1 amide bonds. The van der Waals surface area contributed by atoms with Gasteiger partial charge in [-0.2, -0.15) is 0 Å². The summed E-state index contributed by atoms with van der Waals surface area (Å²) in [5, 5.41) is 3.23. The molecule has 0 spiro atoms. The third kappa shape index (κ3) is 5.80. The molecule has 1 unspecified atom stereocenters. The maximum atomic E-state index is 11.4. The second-order valence-corrected chi connectivity index (χ2v) is 4.61. The van der Waals surface area contributed by atoms with E-state index in [2.05, 4.69) is 5.32 Å². The molecule has 0 aliphatic heterocycles. The lowest BCUT2D eigenvalue weighted by Crippen LogP contribution is -2.33. The monoisotopic (exact) mass is 275 g/mol. The van der Waals surface area contributed by atoms with Crippen molar-refractivity contribution in [2.24, 2.45) is 0 Å². The van der Waals surface area contributed by atoms with E-state index in [1.54, 1.807) is 24.3 Å². The second kappa shape index (κ2) is 7.41. The fourth-order valence-corrected chi connectivity index (χ4v) is 1.38. The number of carbonyl (C=O) groups excluding carboxylic acids is 1. The average molecular weight is 276 g/mol. The van der Waals surface area contributed by atoms with E-state index >= 15 is 0 Å². The maximum absolute atomic E-state index is 11.4. The lowest BCUT2D eigenvalue weighted by molar-refractivity contribution is -0.123. The summed E-state index contributed by atoms with van der Waals surface area (Å²) in [7, 11) is 0. The first-order valence-electron chi connectivity index (χ1n) is 5.41. The van der Waals surface area contributed by atoms with Crippen molar-refractivity contribution in [3.05, 3.63) is 29.3 Å². The Morgan fingerprint density at radius 2 is 2.29 bits per heavy atom. The predicted octanol–water partition coefficient (Wildman–Crippen LogP) is 2.85. The molecule has 0 saturated heterocycles. The van der Waals surface area contributed by atoms with Gasteiger partial charge in [-0.05, 0) is 24.6 Å². The van der Waals surface area contributed by atoms with Crippen LogP contribution in [-0.4, -0.2) is 24.4 Å². The second-order valence-electron chi connectivity index (χ2n) is 3.56. The zero-order valence-electron chi connectivity index (χ0n) is 9.58. The Hall–Kier alpha value is -0.930. The Labute approximate surface area is 111 Å². The summed E-state index contributed by atoms with van der Waals surface area (Å²) in [6.07, 6.45) is 0.816. The van der Waals surface area contributed by atoms with Crippen LogP contribution in [0, 0.1) is 0 Å². The molecule has 5 heteroatoms. The predicted molar refractivity (Wildman–Crippen MR) is 69.9 cm³/mol. The van der Waals surface area contributed by atoms with Crippen LogP contribution in [0.2, 0.25) is 5.02 Å². The highest BCUT2D eigenvalue weighted by Crippen LogP contribution is 2.16. The molecule has 1 aromatic rings. The maximum Gasteiger partial charge on any atom is 0.257 e. The summed E-state index contributed by atoms with van der Waals surface area (Å²) in [6.45, 7) is 2.38. The number of halogens is 2. The van der Waals surface area contributed by atoms with Gasteiger partial charge >= 0.3 is 0 Å². The van der Waals surface area contributed by atoms with Crippen LogP contribution in [0.3, 0.4) is 0 Å². The first-order chi connectivity index (χ1) is 8.11. The Balaban J connectivity index is 2.28. The van der Waals surface area contributed by atoms with Gasteiger partial charge in [-0.25, -0.2) is 0 Å². The molecule has 94 valence electrons. The van der Waals surface area contributed by atoms with Crippen LogP contribution < -0.4 is 10.1 Å². The highest BCUT2D eigenvalue weighted by Gasteiger charge is 2.06. The van der Waals surface area contributed by atoms with Gasteiger partial charge in [0.1, 0.15) is 5.75 Å². The van der Waals surface area contributed by atoms with Crippen molar-refractivity contribution >= 4 is 29.1 Å². The van der Waals surface area contributed by atoms with Crippen molar-refractivity contribution < 1.29 is 9.53 Å². The molecule has 0 radical (unpaired) electrons. The van der Waals surface area contributed by atoms with Gasteiger partial charge in [-0.1, -0.05) is 24.6 Å². The van der Waals surface area contributed by atoms with E-state index in [9.17, 15) is 4.79 Å². The molecule has 0 aromatic heterocycles. The molecule has 17 heavy (non-hydrogen) atoms. The number of hydrogen-bond acceptors (Lipinski definition) is 2. The summed E-state index contributed by atoms with van der Waals surface area (Å²) in [5.41, 5.74) is 0. The van der Waals surface area contributed by atoms with E-state index < -0.39 is 0 Å². The number of carbonyl (C=O) groups is 1. The Bertz CT molecular complexity index is 371. The fourth-order valence-electron chi connectivity index (χ4n) is 1.13. The van der Waals surface area contributed by atoms with Crippen LogP contribution >= 0.6 is 23.2 Å². The standard InChI is InChI=1S/C12H15Cl2NO2/c1-2-9(13)7-15-12(16)8-17-11-5-3-4-10(14)6-11/h3-6,9H,2,7-8H2,1H3,(H,15,16). The average Bonchev–Trinajstić information content (AvgIpc) is 2.33. The summed E-state index contributed by atoms with van der Waals surface area (Å²) in [5.74, 6) is 0.384. The number of ether oxygens (including phenoxy) is 1. The molecule has 1 N–H and O–H groups in total. The normalized spacial score (nSPS) is 11.9. The van der Waals surface area contributed by atoms with E-state index in [0.717, 1.165) is 6.42 Å². The largest absolute Gasteiger partial charge is 0.484 e. The summed E-state index contributed by atoms with van der Waals surface area (Å²) in [4.78, 5) is 11.4. The van der Waals surface area contributed by atoms with Crippen molar-refractivity contribution in [1.82, 2.24) is 5.32 Å². The van der Waals surface area contributed by atoms with E-state index in [1.165, 1.54) is 0 Å². The minimum absolute atomic E-state index is 0.0341. The van der Waals surface area contributed by atoms with Crippen LogP contribution in [0.25, 0.3) is 0 Å². The first-order valence-corrected chi connectivity index (χ1v) is 6.22. The molecule has 0 aliphatic rings. The lowest BCUT2D eigenvalue weighted by Gasteiger charge is -2.09. The number of amides is 1. The number of nitrogens with one attached hydrogen (secondary N) is 1. The molecular formula is C12H15Cl2NO2. The number of hydrogen-bond donors (Lipinski definition) is 1. The van der Waals surface area contributed by atoms with Gasteiger partial charge in [0, 0.05) is 11.6 Å². The summed E-state index contributed by atoms with van der Waals surface area (Å²) in [6, 6.07) is 6.91. The summed E-state index contributed by atoms with van der Waals surface area (Å²) >= 11 is 11.7. The minimum Gasteiger partial charge on any atom is -0.484 e. The smallest absolute Gasteiger partial charge is 0.257 e. The third-order valence-electron chi connectivity index (χ3n) is 2.13. The Morgan fingerprint density at radius 3 is 2.94 bits per heavy atom. The molecule has 0 aliphatic carbocycles. The van der Waals surface area contributed by atoms with Gasteiger partial charge in [-0.3, -0.25) is 4.79 Å². The molecule has 1 rings (SSSR count). The van der Waals surface area contributed by atoms with Crippen molar-refractivity contribution in [2.75, 3.05) is 13.2 Å². The SMILES string of the molecule is CCC(Cl)CNC(=O)COc1cccc(Cl)c1. The quantitative estimate of drug-likeness (QED) is 0.811. The van der Waals surface area contributed by atoms with Gasteiger partial charge < -0.3 is 10.1 Å². The number of rotatable bonds is 6. The van der Waals surface area contributed by atoms with Crippen LogP contribution in [-0.2, 0) is 4.79 Å². The number of benzene rings is 1. The minimum atomic E-state index is -0.191. The van der Waals surface area contributed by atoms with Crippen LogP contribution in [0.5, 0.6) is 5.75 Å². The van der Waals surface area contributed by atoms with E-state index in [-0.39, 0.29) is 17.9 Å². The molecule has 0 heterocycles. The topological polar surface area (TPSA) is 38.3 Å². The van der Waals surface area contributed by atoms with Crippen molar-refractivity contribution in [2.45, 2.75) is 18.7 Å². The zero-order chi connectivity index (χ0) is 12.7. The molecule has 0 fully saturated rings. The van der Waals surface area contributed by atoms with Crippen LogP contribution in [0.4, 0.5) is 0 Å². The Morgan fingerprint density at radius 1 is 1.53 bits per heavy atom. The molecule has 3 nitrogen and oxygen atoms in total. The molecule has 1 aromatic carbocycles. The highest BCUT2D eigenvalue weighted by atomic mass is 35.5. The Kier molecular flexibility index (Phi) is 6.16. The van der Waals surface area contributed by atoms with Crippen molar-refractivity contribution in [3.63, 3.8) is 0 Å². The molecule has 1 atom stereocenters. The zero-order valence-corrected chi connectivity index (χ0v) is 11.1. The van der Waals surface area contributed by atoms with E-state index in [0.29, 0.717) is 17.3 Å². The van der Waals surface area contributed by atoms with E-state index in [4.69, 9.17) is 27.9 Å². The fraction of sp³-hybridized carbons (Fsp3) is 0.417. The first kappa shape index (κ1) is 14.1. The third-order valence-corrected chi connectivity index (χ3v) is 2.83. The van der Waals surface area contributed by atoms with Gasteiger partial charge in [0.25, 0.3) is 5.91 Å². The van der Waals surface area contributed by atoms with Crippen molar-refractivity contribution in [3.8, 4) is 5.75 Å². The number of alkyl halides is 1. The van der Waals surface area contributed by atoms with Crippen molar-refractivity contribution in [1.29, 1.82) is 0 Å². The molecule has 0 saturated carbocycles. The van der Waals surface area contributed by atoms with Gasteiger partial charge in [0.05, 0.1) is 5.38 Å². The molecule has 0 bridgehead atoms. The van der Waals surface area contributed by atoms with Gasteiger partial charge in [0.15, 0.2) is 6.61 Å². The summed E-state index contributed by atoms with van der Waals surface area (Å²) < 4.78 is 5.27. The highest BCUT2D eigenvalue weighted by molar-refractivity contribution is 6.30.